The number of halogens is 1. The highest BCUT2D eigenvalue weighted by molar-refractivity contribution is 6.31. The molecule has 6 nitrogen and oxygen atoms in total. The van der Waals surface area contributed by atoms with Crippen molar-refractivity contribution in [1.82, 2.24) is 4.98 Å². The summed E-state index contributed by atoms with van der Waals surface area (Å²) in [6.07, 6.45) is 0. The summed E-state index contributed by atoms with van der Waals surface area (Å²) < 4.78 is 0. The van der Waals surface area contributed by atoms with Gasteiger partial charge in [0, 0.05) is 38.6 Å². The molecule has 0 saturated carbocycles. The molecule has 0 aliphatic carbocycles. The van der Waals surface area contributed by atoms with Crippen LogP contribution in [-0.4, -0.2) is 15.8 Å². The summed E-state index contributed by atoms with van der Waals surface area (Å²) in [5.41, 5.74) is 2.12. The van der Waals surface area contributed by atoms with Gasteiger partial charge in [0.05, 0.1) is 4.92 Å². The Morgan fingerprint density at radius 1 is 1.00 bits per heavy atom. The molecule has 0 saturated heterocycles. The molecule has 0 unspecified atom stereocenters. The molecule has 2 N–H and O–H groups in total. The summed E-state index contributed by atoms with van der Waals surface area (Å²) >= 11 is 5.79. The molecule has 7 heteroatoms. The maximum atomic E-state index is 12.5. The van der Waals surface area contributed by atoms with Crippen molar-refractivity contribution >= 4 is 50.7 Å². The first-order chi connectivity index (χ1) is 12.5. The van der Waals surface area contributed by atoms with E-state index in [1.165, 1.54) is 18.2 Å². The standard InChI is InChI=1S/C19H12ClN3O3/c20-11-5-7-14(18(9-11)23(25)26)19(24)21-12-6-8-17-15(10-12)13-3-1-2-4-16(13)22-17/h1-10,22H,(H,21,24). The van der Waals surface area contributed by atoms with Crippen LogP contribution in [0.1, 0.15) is 10.4 Å². The number of fused-ring (bicyclic) bond motifs is 3. The topological polar surface area (TPSA) is 88.0 Å². The van der Waals surface area contributed by atoms with Gasteiger partial charge in [0.25, 0.3) is 11.6 Å². The lowest BCUT2D eigenvalue weighted by Gasteiger charge is -2.06. The van der Waals surface area contributed by atoms with Crippen molar-refractivity contribution in [3.8, 4) is 0 Å². The monoisotopic (exact) mass is 365 g/mol. The fourth-order valence-corrected chi connectivity index (χ4v) is 3.14. The number of benzene rings is 3. The highest BCUT2D eigenvalue weighted by Gasteiger charge is 2.20. The number of nitrogens with zero attached hydrogens (tertiary/aromatic N) is 1. The smallest absolute Gasteiger partial charge is 0.283 e. The molecule has 3 aromatic carbocycles. The third-order valence-corrected chi connectivity index (χ3v) is 4.40. The van der Waals surface area contributed by atoms with Gasteiger partial charge in [-0.2, -0.15) is 0 Å². The average Bonchev–Trinajstić information content (AvgIpc) is 2.99. The Labute approximate surface area is 152 Å². The molecule has 1 heterocycles. The number of H-pyrrole nitrogens is 1. The second-order valence-electron chi connectivity index (χ2n) is 5.80. The van der Waals surface area contributed by atoms with Gasteiger partial charge in [-0.05, 0) is 36.4 Å². The molecular weight excluding hydrogens is 354 g/mol. The number of aromatic amines is 1. The largest absolute Gasteiger partial charge is 0.355 e. The van der Waals surface area contributed by atoms with Crippen molar-refractivity contribution in [3.63, 3.8) is 0 Å². The second kappa shape index (κ2) is 6.16. The zero-order valence-electron chi connectivity index (χ0n) is 13.3. The molecule has 4 rings (SSSR count). The fraction of sp³-hybridized carbons (Fsp3) is 0. The Morgan fingerprint density at radius 2 is 1.77 bits per heavy atom. The number of para-hydroxylation sites is 1. The quantitative estimate of drug-likeness (QED) is 0.389. The van der Waals surface area contributed by atoms with Gasteiger partial charge in [-0.3, -0.25) is 14.9 Å². The molecule has 128 valence electrons. The lowest BCUT2D eigenvalue weighted by Crippen LogP contribution is -2.13. The fourth-order valence-electron chi connectivity index (χ4n) is 2.97. The van der Waals surface area contributed by atoms with Gasteiger partial charge in [-0.15, -0.1) is 0 Å². The van der Waals surface area contributed by atoms with E-state index in [2.05, 4.69) is 10.3 Å². The van der Waals surface area contributed by atoms with E-state index in [1.807, 2.05) is 36.4 Å². The van der Waals surface area contributed by atoms with Crippen LogP contribution in [0, 0.1) is 10.1 Å². The van der Waals surface area contributed by atoms with Crippen molar-refractivity contribution in [2.24, 2.45) is 0 Å². The minimum Gasteiger partial charge on any atom is -0.355 e. The van der Waals surface area contributed by atoms with Gasteiger partial charge < -0.3 is 10.3 Å². The van der Waals surface area contributed by atoms with Gasteiger partial charge in [0.1, 0.15) is 5.56 Å². The zero-order chi connectivity index (χ0) is 18.3. The van der Waals surface area contributed by atoms with Crippen LogP contribution in [0.25, 0.3) is 21.8 Å². The number of amides is 1. The van der Waals surface area contributed by atoms with Crippen molar-refractivity contribution < 1.29 is 9.72 Å². The minimum atomic E-state index is -0.621. The molecule has 0 aliphatic heterocycles. The van der Waals surface area contributed by atoms with E-state index >= 15 is 0 Å². The van der Waals surface area contributed by atoms with Crippen LogP contribution in [-0.2, 0) is 0 Å². The molecule has 0 fully saturated rings. The molecule has 4 aromatic rings. The summed E-state index contributed by atoms with van der Waals surface area (Å²) in [6, 6.07) is 17.3. The molecule has 26 heavy (non-hydrogen) atoms. The van der Waals surface area contributed by atoms with Gasteiger partial charge in [-0.25, -0.2) is 0 Å². The van der Waals surface area contributed by atoms with Gasteiger partial charge in [-0.1, -0.05) is 29.8 Å². The predicted octanol–water partition coefficient (Wildman–Crippen LogP) is 5.14. The molecular formula is C19H12ClN3O3. The highest BCUT2D eigenvalue weighted by atomic mass is 35.5. The molecule has 0 radical (unpaired) electrons. The first-order valence-corrected chi connectivity index (χ1v) is 8.16. The number of aromatic nitrogens is 1. The maximum absolute atomic E-state index is 12.5. The summed E-state index contributed by atoms with van der Waals surface area (Å²) in [7, 11) is 0. The third kappa shape index (κ3) is 2.76. The number of nitrogens with one attached hydrogen (secondary N) is 2. The number of anilines is 1. The van der Waals surface area contributed by atoms with E-state index in [0.717, 1.165) is 21.8 Å². The maximum Gasteiger partial charge on any atom is 0.283 e. The van der Waals surface area contributed by atoms with Crippen LogP contribution in [0.2, 0.25) is 5.02 Å². The number of carbonyl (C=O) groups excluding carboxylic acids is 1. The van der Waals surface area contributed by atoms with Gasteiger partial charge in [0.15, 0.2) is 0 Å². The molecule has 0 bridgehead atoms. The Bertz CT molecular complexity index is 1180. The Balaban J connectivity index is 1.72. The van der Waals surface area contributed by atoms with E-state index in [1.54, 1.807) is 6.07 Å². The number of hydrogen-bond acceptors (Lipinski definition) is 3. The number of nitro groups is 1. The Kier molecular flexibility index (Phi) is 3.82. The summed E-state index contributed by atoms with van der Waals surface area (Å²) in [5.74, 6) is -0.562. The van der Waals surface area contributed by atoms with Crippen LogP contribution in [0.3, 0.4) is 0 Å². The first kappa shape index (κ1) is 16.1. The number of carbonyl (C=O) groups is 1. The highest BCUT2D eigenvalue weighted by Crippen LogP contribution is 2.29. The van der Waals surface area contributed by atoms with Crippen LogP contribution in [0.15, 0.2) is 60.7 Å². The van der Waals surface area contributed by atoms with E-state index in [9.17, 15) is 14.9 Å². The number of nitro benzene ring substituents is 1. The molecule has 1 amide bonds. The SMILES string of the molecule is O=C(Nc1ccc2[nH]c3ccccc3c2c1)c1ccc(Cl)cc1[N+](=O)[O-]. The van der Waals surface area contributed by atoms with Crippen LogP contribution >= 0.6 is 11.6 Å². The van der Waals surface area contributed by atoms with Crippen molar-refractivity contribution in [2.75, 3.05) is 5.32 Å². The summed E-state index contributed by atoms with van der Waals surface area (Å²) in [4.78, 5) is 26.4. The van der Waals surface area contributed by atoms with E-state index in [4.69, 9.17) is 11.6 Å². The minimum absolute atomic E-state index is 0.0431. The predicted molar refractivity (Wildman–Crippen MR) is 102 cm³/mol. The lowest BCUT2D eigenvalue weighted by molar-refractivity contribution is -0.385. The van der Waals surface area contributed by atoms with E-state index < -0.39 is 10.8 Å². The molecule has 0 atom stereocenters. The Hall–Kier alpha value is -3.38. The molecule has 0 spiro atoms. The number of hydrogen-bond donors (Lipinski definition) is 2. The number of rotatable bonds is 3. The third-order valence-electron chi connectivity index (χ3n) is 4.17. The summed E-state index contributed by atoms with van der Waals surface area (Å²) in [5, 5.41) is 16.1. The molecule has 0 aliphatic rings. The van der Waals surface area contributed by atoms with Crippen LogP contribution in [0.4, 0.5) is 11.4 Å². The van der Waals surface area contributed by atoms with E-state index in [-0.39, 0.29) is 16.3 Å². The van der Waals surface area contributed by atoms with Crippen molar-refractivity contribution in [3.05, 3.63) is 81.4 Å². The Morgan fingerprint density at radius 3 is 2.58 bits per heavy atom. The van der Waals surface area contributed by atoms with Crippen molar-refractivity contribution in [1.29, 1.82) is 0 Å². The van der Waals surface area contributed by atoms with Gasteiger partial charge in [0.2, 0.25) is 0 Å². The lowest BCUT2D eigenvalue weighted by atomic mass is 10.1. The van der Waals surface area contributed by atoms with Crippen molar-refractivity contribution in [2.45, 2.75) is 0 Å². The average molecular weight is 366 g/mol. The molecule has 1 aromatic heterocycles. The van der Waals surface area contributed by atoms with Gasteiger partial charge >= 0.3 is 0 Å². The first-order valence-electron chi connectivity index (χ1n) is 7.79. The summed E-state index contributed by atoms with van der Waals surface area (Å²) in [6.45, 7) is 0. The normalized spacial score (nSPS) is 11.0. The van der Waals surface area contributed by atoms with Crippen LogP contribution in [0.5, 0.6) is 0 Å². The van der Waals surface area contributed by atoms with Crippen LogP contribution < -0.4 is 5.32 Å². The van der Waals surface area contributed by atoms with E-state index in [0.29, 0.717) is 5.69 Å². The zero-order valence-corrected chi connectivity index (χ0v) is 14.1. The second-order valence-corrected chi connectivity index (χ2v) is 6.24.